The first-order valence-corrected chi connectivity index (χ1v) is 8.76. The lowest BCUT2D eigenvalue weighted by Gasteiger charge is -2.07. The van der Waals surface area contributed by atoms with Gasteiger partial charge in [-0.05, 0) is 37.6 Å². The molecule has 0 saturated heterocycles. The molecule has 122 valence electrons. The summed E-state index contributed by atoms with van der Waals surface area (Å²) in [6, 6.07) is 12.9. The largest absolute Gasteiger partial charge is 0.507 e. The van der Waals surface area contributed by atoms with E-state index in [0.717, 1.165) is 5.56 Å². The van der Waals surface area contributed by atoms with Crippen LogP contribution >= 0.6 is 0 Å². The molecule has 0 amide bonds. The van der Waals surface area contributed by atoms with E-state index in [1.165, 1.54) is 6.07 Å². The zero-order valence-electron chi connectivity index (χ0n) is 12.8. The molecular weight excluding hydrogens is 314 g/mol. The molecule has 0 aliphatic heterocycles. The number of rotatable bonds is 7. The van der Waals surface area contributed by atoms with E-state index in [1.807, 2.05) is 6.92 Å². The SMILES string of the molecule is Cc1ccc(S(=O)(=O)NCCCC(=O)c2ccccc2O)cc1. The highest BCUT2D eigenvalue weighted by Crippen LogP contribution is 2.18. The summed E-state index contributed by atoms with van der Waals surface area (Å²) < 4.78 is 26.6. The maximum atomic E-state index is 12.1. The maximum absolute atomic E-state index is 12.1. The maximum Gasteiger partial charge on any atom is 0.240 e. The molecule has 5 nitrogen and oxygen atoms in total. The van der Waals surface area contributed by atoms with Crippen molar-refractivity contribution in [2.24, 2.45) is 0 Å². The number of hydrogen-bond donors (Lipinski definition) is 2. The summed E-state index contributed by atoms with van der Waals surface area (Å²) in [6.45, 7) is 2.05. The number of ketones is 1. The average molecular weight is 333 g/mol. The first kappa shape index (κ1) is 17.2. The van der Waals surface area contributed by atoms with E-state index in [9.17, 15) is 18.3 Å². The Kier molecular flexibility index (Phi) is 5.52. The molecule has 6 heteroatoms. The number of carbonyl (C=O) groups is 1. The summed E-state index contributed by atoms with van der Waals surface area (Å²) in [5, 5.41) is 9.61. The van der Waals surface area contributed by atoms with Crippen molar-refractivity contribution >= 4 is 15.8 Å². The lowest BCUT2D eigenvalue weighted by Crippen LogP contribution is -2.25. The quantitative estimate of drug-likeness (QED) is 0.603. The van der Waals surface area contributed by atoms with Crippen LogP contribution in [0.4, 0.5) is 0 Å². The van der Waals surface area contributed by atoms with Crippen molar-refractivity contribution in [1.82, 2.24) is 4.72 Å². The van der Waals surface area contributed by atoms with Gasteiger partial charge in [0.15, 0.2) is 5.78 Å². The van der Waals surface area contributed by atoms with Crippen molar-refractivity contribution < 1.29 is 18.3 Å². The van der Waals surface area contributed by atoms with Crippen LogP contribution in [0.2, 0.25) is 0 Å². The molecule has 2 aromatic rings. The van der Waals surface area contributed by atoms with Gasteiger partial charge < -0.3 is 5.11 Å². The first-order chi connectivity index (χ1) is 10.9. The Balaban J connectivity index is 1.86. The Hall–Kier alpha value is -2.18. The molecule has 0 spiro atoms. The third kappa shape index (κ3) is 4.64. The van der Waals surface area contributed by atoms with E-state index in [0.29, 0.717) is 6.42 Å². The van der Waals surface area contributed by atoms with Crippen LogP contribution in [-0.4, -0.2) is 25.9 Å². The number of nitrogens with one attached hydrogen (secondary N) is 1. The zero-order valence-corrected chi connectivity index (χ0v) is 13.6. The molecule has 0 bridgehead atoms. The summed E-state index contributed by atoms with van der Waals surface area (Å²) >= 11 is 0. The van der Waals surface area contributed by atoms with Crippen LogP contribution in [-0.2, 0) is 10.0 Å². The van der Waals surface area contributed by atoms with Crippen molar-refractivity contribution in [3.63, 3.8) is 0 Å². The van der Waals surface area contributed by atoms with Crippen molar-refractivity contribution in [3.8, 4) is 5.75 Å². The molecule has 23 heavy (non-hydrogen) atoms. The smallest absolute Gasteiger partial charge is 0.240 e. The molecule has 0 aliphatic rings. The van der Waals surface area contributed by atoms with Gasteiger partial charge in [-0.15, -0.1) is 0 Å². The van der Waals surface area contributed by atoms with Gasteiger partial charge in [-0.1, -0.05) is 29.8 Å². The normalized spacial score (nSPS) is 11.3. The van der Waals surface area contributed by atoms with Crippen LogP contribution in [0.3, 0.4) is 0 Å². The average Bonchev–Trinajstić information content (AvgIpc) is 2.52. The fraction of sp³-hybridized carbons (Fsp3) is 0.235. The number of hydrogen-bond acceptors (Lipinski definition) is 4. The molecule has 2 rings (SSSR count). The highest BCUT2D eigenvalue weighted by atomic mass is 32.2. The number of sulfonamides is 1. The van der Waals surface area contributed by atoms with E-state index >= 15 is 0 Å². The number of aromatic hydroxyl groups is 1. The van der Waals surface area contributed by atoms with Gasteiger partial charge in [0.1, 0.15) is 5.75 Å². The molecule has 0 fully saturated rings. The van der Waals surface area contributed by atoms with E-state index in [2.05, 4.69) is 4.72 Å². The van der Waals surface area contributed by atoms with Crippen LogP contribution in [0.1, 0.15) is 28.8 Å². The van der Waals surface area contributed by atoms with E-state index in [1.54, 1.807) is 42.5 Å². The summed E-state index contributed by atoms with van der Waals surface area (Å²) in [4.78, 5) is 12.2. The molecule has 0 radical (unpaired) electrons. The van der Waals surface area contributed by atoms with Crippen molar-refractivity contribution in [3.05, 3.63) is 59.7 Å². The Labute approximate surface area is 136 Å². The van der Waals surface area contributed by atoms with Gasteiger partial charge in [-0.3, -0.25) is 4.79 Å². The van der Waals surface area contributed by atoms with Crippen LogP contribution < -0.4 is 4.72 Å². The lowest BCUT2D eigenvalue weighted by molar-refractivity contribution is 0.0978. The van der Waals surface area contributed by atoms with Gasteiger partial charge in [-0.25, -0.2) is 13.1 Å². The lowest BCUT2D eigenvalue weighted by atomic mass is 10.1. The van der Waals surface area contributed by atoms with Crippen LogP contribution in [0.5, 0.6) is 5.75 Å². The molecule has 2 aromatic carbocycles. The number of phenols is 1. The monoisotopic (exact) mass is 333 g/mol. The van der Waals surface area contributed by atoms with Gasteiger partial charge in [0.2, 0.25) is 10.0 Å². The third-order valence-electron chi connectivity index (χ3n) is 3.41. The topological polar surface area (TPSA) is 83.5 Å². The molecule has 0 unspecified atom stereocenters. The number of benzene rings is 2. The molecule has 0 aromatic heterocycles. The van der Waals surface area contributed by atoms with E-state index < -0.39 is 10.0 Å². The Morgan fingerprint density at radius 1 is 1.09 bits per heavy atom. The summed E-state index contributed by atoms with van der Waals surface area (Å²) in [7, 11) is -3.56. The molecule has 0 heterocycles. The van der Waals surface area contributed by atoms with Crippen LogP contribution in [0, 0.1) is 6.92 Å². The number of aryl methyl sites for hydroxylation is 1. The van der Waals surface area contributed by atoms with Crippen molar-refractivity contribution in [2.75, 3.05) is 6.54 Å². The molecule has 0 aliphatic carbocycles. The highest BCUT2D eigenvalue weighted by molar-refractivity contribution is 7.89. The van der Waals surface area contributed by atoms with E-state index in [4.69, 9.17) is 0 Å². The Morgan fingerprint density at radius 2 is 1.74 bits per heavy atom. The standard InChI is InChI=1S/C17H19NO4S/c1-13-8-10-14(11-9-13)23(21,22)18-12-4-7-17(20)15-5-2-3-6-16(15)19/h2-3,5-6,8-11,18-19H,4,7,12H2,1H3. The molecular formula is C17H19NO4S. The molecule has 0 atom stereocenters. The third-order valence-corrected chi connectivity index (χ3v) is 4.89. The Morgan fingerprint density at radius 3 is 2.39 bits per heavy atom. The molecule has 0 saturated carbocycles. The number of phenolic OH excluding ortho intramolecular Hbond substituents is 1. The second-order valence-corrected chi connectivity index (χ2v) is 7.02. The predicted octanol–water partition coefficient (Wildman–Crippen LogP) is 2.64. The minimum Gasteiger partial charge on any atom is -0.507 e. The summed E-state index contributed by atoms with van der Waals surface area (Å²) in [5.41, 5.74) is 1.24. The Bertz CT molecular complexity index is 782. The fourth-order valence-electron chi connectivity index (χ4n) is 2.10. The van der Waals surface area contributed by atoms with Gasteiger partial charge in [0, 0.05) is 13.0 Å². The van der Waals surface area contributed by atoms with Gasteiger partial charge in [0.25, 0.3) is 0 Å². The van der Waals surface area contributed by atoms with Crippen LogP contribution in [0.15, 0.2) is 53.4 Å². The number of carbonyl (C=O) groups excluding carboxylic acids is 1. The predicted molar refractivity (Wildman–Crippen MR) is 88.0 cm³/mol. The first-order valence-electron chi connectivity index (χ1n) is 7.28. The van der Waals surface area contributed by atoms with Crippen LogP contribution in [0.25, 0.3) is 0 Å². The van der Waals surface area contributed by atoms with Gasteiger partial charge >= 0.3 is 0 Å². The minimum atomic E-state index is -3.56. The minimum absolute atomic E-state index is 0.0577. The number of para-hydroxylation sites is 1. The highest BCUT2D eigenvalue weighted by Gasteiger charge is 2.14. The molecule has 2 N–H and O–H groups in total. The van der Waals surface area contributed by atoms with Gasteiger partial charge in [-0.2, -0.15) is 0 Å². The van der Waals surface area contributed by atoms with Crippen molar-refractivity contribution in [1.29, 1.82) is 0 Å². The summed E-state index contributed by atoms with van der Waals surface area (Å²) in [6.07, 6.45) is 0.520. The second-order valence-electron chi connectivity index (χ2n) is 5.25. The number of Topliss-reactive ketones (excluding diaryl/α,β-unsaturated/α-hetero) is 1. The van der Waals surface area contributed by atoms with Crippen molar-refractivity contribution in [2.45, 2.75) is 24.7 Å². The van der Waals surface area contributed by atoms with Gasteiger partial charge in [0.05, 0.1) is 10.5 Å². The zero-order chi connectivity index (χ0) is 16.9. The second kappa shape index (κ2) is 7.39. The fourth-order valence-corrected chi connectivity index (χ4v) is 3.17. The van der Waals surface area contributed by atoms with E-state index in [-0.39, 0.29) is 35.0 Å². The summed E-state index contributed by atoms with van der Waals surface area (Å²) in [5.74, 6) is -0.268.